The minimum atomic E-state index is -0.517. The van der Waals surface area contributed by atoms with Crippen molar-refractivity contribution >= 4 is 23.1 Å². The summed E-state index contributed by atoms with van der Waals surface area (Å²) in [5.74, 6) is 0.181. The fourth-order valence-electron chi connectivity index (χ4n) is 2.07. The second-order valence-corrected chi connectivity index (χ2v) is 4.63. The molecule has 1 saturated heterocycles. The zero-order chi connectivity index (χ0) is 13.1. The third-order valence-corrected chi connectivity index (χ3v) is 3.30. The van der Waals surface area contributed by atoms with Crippen molar-refractivity contribution in [3.8, 4) is 0 Å². The van der Waals surface area contributed by atoms with E-state index >= 15 is 0 Å². The molecule has 1 aromatic heterocycles. The summed E-state index contributed by atoms with van der Waals surface area (Å²) in [5, 5.41) is 13.8. The molecule has 0 bridgehead atoms. The second-order valence-electron chi connectivity index (χ2n) is 4.29. The second kappa shape index (κ2) is 5.45. The smallest absolute Gasteiger partial charge is 0.329 e. The highest BCUT2D eigenvalue weighted by Crippen LogP contribution is 2.23. The molecule has 1 N–H and O–H groups in total. The van der Waals surface area contributed by atoms with Gasteiger partial charge in [-0.1, -0.05) is 0 Å². The van der Waals surface area contributed by atoms with Crippen LogP contribution in [-0.2, 0) is 0 Å². The summed E-state index contributed by atoms with van der Waals surface area (Å²) in [6.07, 6.45) is 3.35. The van der Waals surface area contributed by atoms with E-state index in [0.717, 1.165) is 25.6 Å². The number of anilines is 1. The normalized spacial score (nSPS) is 20.0. The van der Waals surface area contributed by atoms with E-state index in [1.54, 1.807) is 0 Å². The van der Waals surface area contributed by atoms with Crippen LogP contribution in [0, 0.1) is 10.1 Å². The van der Waals surface area contributed by atoms with E-state index in [1.165, 1.54) is 0 Å². The largest absolute Gasteiger partial charge is 0.363 e. The number of nitro groups is 1. The molecule has 1 unspecified atom stereocenters. The van der Waals surface area contributed by atoms with Gasteiger partial charge in [-0.25, -0.2) is 4.98 Å². The van der Waals surface area contributed by atoms with Crippen molar-refractivity contribution in [2.24, 2.45) is 0 Å². The number of rotatable bonds is 4. The molecule has 0 aromatic carbocycles. The van der Waals surface area contributed by atoms with Crippen molar-refractivity contribution in [3.05, 3.63) is 21.6 Å². The van der Waals surface area contributed by atoms with Gasteiger partial charge in [-0.15, -0.1) is 0 Å². The van der Waals surface area contributed by atoms with E-state index in [-0.39, 0.29) is 16.8 Å². The molecule has 0 spiro atoms. The molecule has 1 aliphatic rings. The van der Waals surface area contributed by atoms with Crippen molar-refractivity contribution in [2.45, 2.75) is 18.9 Å². The number of aromatic nitrogens is 2. The minimum Gasteiger partial charge on any atom is -0.363 e. The third-order valence-electron chi connectivity index (χ3n) is 3.11. The van der Waals surface area contributed by atoms with Crippen molar-refractivity contribution in [1.82, 2.24) is 14.9 Å². The van der Waals surface area contributed by atoms with Crippen LogP contribution in [0.4, 0.5) is 11.5 Å². The fraction of sp³-hybridized carbons (Fsp3) is 0.600. The Bertz CT molecular complexity index is 456. The molecule has 0 saturated carbocycles. The molecule has 7 nitrogen and oxygen atoms in total. The fourth-order valence-corrected chi connectivity index (χ4v) is 2.20. The molecule has 1 atom stereocenters. The van der Waals surface area contributed by atoms with Gasteiger partial charge in [0.05, 0.1) is 4.92 Å². The van der Waals surface area contributed by atoms with Gasteiger partial charge in [0.15, 0.2) is 0 Å². The first-order valence-corrected chi connectivity index (χ1v) is 6.07. The van der Waals surface area contributed by atoms with Crippen molar-refractivity contribution in [3.63, 3.8) is 0 Å². The number of hydrogen-bond donors (Lipinski definition) is 1. The Hall–Kier alpha value is -1.47. The Kier molecular flexibility index (Phi) is 3.93. The summed E-state index contributed by atoms with van der Waals surface area (Å²) in [7, 11) is 2.04. The Morgan fingerprint density at radius 1 is 1.72 bits per heavy atom. The quantitative estimate of drug-likeness (QED) is 0.508. The molecule has 1 aromatic rings. The Balaban J connectivity index is 2.08. The van der Waals surface area contributed by atoms with Gasteiger partial charge >= 0.3 is 5.69 Å². The molecule has 18 heavy (non-hydrogen) atoms. The SMILES string of the molecule is CN1CCCC1CNc1nc(Cl)ncc1[N+](=O)[O-]. The lowest BCUT2D eigenvalue weighted by molar-refractivity contribution is -0.384. The van der Waals surface area contributed by atoms with Gasteiger partial charge in [0.25, 0.3) is 0 Å². The molecule has 1 fully saturated rings. The topological polar surface area (TPSA) is 84.2 Å². The van der Waals surface area contributed by atoms with Crippen molar-refractivity contribution in [1.29, 1.82) is 0 Å². The summed E-state index contributed by atoms with van der Waals surface area (Å²) in [6, 6.07) is 0.373. The molecule has 0 amide bonds. The molecule has 0 aliphatic carbocycles. The first-order chi connectivity index (χ1) is 8.58. The first kappa shape index (κ1) is 13.0. The third kappa shape index (κ3) is 2.85. The van der Waals surface area contributed by atoms with E-state index in [4.69, 9.17) is 11.6 Å². The molecule has 1 aliphatic heterocycles. The number of hydrogen-bond acceptors (Lipinski definition) is 6. The van der Waals surface area contributed by atoms with E-state index in [2.05, 4.69) is 20.2 Å². The van der Waals surface area contributed by atoms with Gasteiger partial charge in [-0.2, -0.15) is 4.98 Å². The van der Waals surface area contributed by atoms with Gasteiger partial charge in [-0.05, 0) is 38.0 Å². The van der Waals surface area contributed by atoms with Crippen LogP contribution in [0.25, 0.3) is 0 Å². The molecule has 2 heterocycles. The monoisotopic (exact) mass is 271 g/mol. The number of likely N-dealkylation sites (N-methyl/N-ethyl adjacent to an activating group) is 1. The summed E-state index contributed by atoms with van der Waals surface area (Å²) in [4.78, 5) is 20.0. The lowest BCUT2D eigenvalue weighted by atomic mass is 10.2. The zero-order valence-corrected chi connectivity index (χ0v) is 10.7. The van der Waals surface area contributed by atoms with Crippen molar-refractivity contribution < 1.29 is 4.92 Å². The van der Waals surface area contributed by atoms with Crippen LogP contribution >= 0.6 is 11.6 Å². The molecular weight excluding hydrogens is 258 g/mol. The van der Waals surface area contributed by atoms with Gasteiger partial charge in [0, 0.05) is 12.6 Å². The van der Waals surface area contributed by atoms with E-state index in [0.29, 0.717) is 12.6 Å². The van der Waals surface area contributed by atoms with E-state index < -0.39 is 4.92 Å². The highest BCUT2D eigenvalue weighted by molar-refractivity contribution is 6.28. The number of halogens is 1. The van der Waals surface area contributed by atoms with Crippen LogP contribution in [0.1, 0.15) is 12.8 Å². The molecule has 8 heteroatoms. The molecular formula is C10H14ClN5O2. The Morgan fingerprint density at radius 2 is 2.50 bits per heavy atom. The highest BCUT2D eigenvalue weighted by Gasteiger charge is 2.23. The summed E-state index contributed by atoms with van der Waals surface area (Å²) in [6.45, 7) is 1.67. The zero-order valence-electron chi connectivity index (χ0n) is 9.97. The lowest BCUT2D eigenvalue weighted by Gasteiger charge is -2.19. The molecule has 98 valence electrons. The van der Waals surface area contributed by atoms with Crippen LogP contribution in [-0.4, -0.2) is 46.0 Å². The predicted octanol–water partition coefficient (Wildman–Crippen LogP) is 1.54. The summed E-state index contributed by atoms with van der Waals surface area (Å²) < 4.78 is 0. The summed E-state index contributed by atoms with van der Waals surface area (Å²) >= 11 is 5.65. The lowest BCUT2D eigenvalue weighted by Crippen LogP contribution is -2.31. The number of nitrogens with zero attached hydrogens (tertiary/aromatic N) is 4. The predicted molar refractivity (Wildman–Crippen MR) is 67.8 cm³/mol. The van der Waals surface area contributed by atoms with Gasteiger partial charge in [0.1, 0.15) is 6.20 Å². The van der Waals surface area contributed by atoms with Crippen molar-refractivity contribution in [2.75, 3.05) is 25.5 Å². The summed E-state index contributed by atoms with van der Waals surface area (Å²) in [5.41, 5.74) is -0.153. The van der Waals surface area contributed by atoms with Crippen LogP contribution < -0.4 is 5.32 Å². The molecule has 2 rings (SSSR count). The number of likely N-dealkylation sites (tertiary alicyclic amines) is 1. The standard InChI is InChI=1S/C10H14ClN5O2/c1-15-4-2-3-7(15)5-12-9-8(16(17)18)6-13-10(11)14-9/h6-7H,2-5H2,1H3,(H,12,13,14). The maximum Gasteiger partial charge on any atom is 0.329 e. The Morgan fingerprint density at radius 3 is 3.11 bits per heavy atom. The van der Waals surface area contributed by atoms with Crippen LogP contribution in [0.5, 0.6) is 0 Å². The van der Waals surface area contributed by atoms with Gasteiger partial charge in [0.2, 0.25) is 11.1 Å². The first-order valence-electron chi connectivity index (χ1n) is 5.69. The van der Waals surface area contributed by atoms with Gasteiger partial charge < -0.3 is 10.2 Å². The molecule has 0 radical (unpaired) electrons. The number of nitrogens with one attached hydrogen (secondary N) is 1. The Labute approximate surface area is 109 Å². The van der Waals surface area contributed by atoms with Crippen LogP contribution in [0.2, 0.25) is 5.28 Å². The van der Waals surface area contributed by atoms with Gasteiger partial charge in [-0.3, -0.25) is 10.1 Å². The van der Waals surface area contributed by atoms with Crippen LogP contribution in [0.15, 0.2) is 6.20 Å². The average Bonchev–Trinajstić information content (AvgIpc) is 2.72. The maximum atomic E-state index is 10.8. The van der Waals surface area contributed by atoms with Crippen LogP contribution in [0.3, 0.4) is 0 Å². The van der Waals surface area contributed by atoms with E-state index in [9.17, 15) is 10.1 Å². The maximum absolute atomic E-state index is 10.8. The minimum absolute atomic E-state index is 0.00266. The average molecular weight is 272 g/mol. The van der Waals surface area contributed by atoms with E-state index in [1.807, 2.05) is 7.05 Å². The highest BCUT2D eigenvalue weighted by atomic mass is 35.5.